The number of para-hydroxylation sites is 1. The van der Waals surface area contributed by atoms with Gasteiger partial charge in [0.25, 0.3) is 5.91 Å². The highest BCUT2D eigenvalue weighted by Crippen LogP contribution is 2.26. The highest BCUT2D eigenvalue weighted by molar-refractivity contribution is 5.95. The third kappa shape index (κ3) is 3.13. The van der Waals surface area contributed by atoms with Gasteiger partial charge in [-0.25, -0.2) is 4.98 Å². The third-order valence-corrected chi connectivity index (χ3v) is 4.85. The lowest BCUT2D eigenvalue weighted by Gasteiger charge is -2.40. The Morgan fingerprint density at radius 3 is 2.56 bits per heavy atom. The summed E-state index contributed by atoms with van der Waals surface area (Å²) in [5.74, 6) is 0.00714. The van der Waals surface area contributed by atoms with Crippen molar-refractivity contribution in [1.82, 2.24) is 14.8 Å². The van der Waals surface area contributed by atoms with Crippen LogP contribution in [0.25, 0.3) is 10.9 Å². The molecule has 1 unspecified atom stereocenters. The molecule has 0 N–H and O–H groups in total. The van der Waals surface area contributed by atoms with Crippen LogP contribution < -0.4 is 0 Å². The average Bonchev–Trinajstić information content (AvgIpc) is 2.67. The number of aromatic nitrogens is 1. The predicted molar refractivity (Wildman–Crippen MR) is 99.5 cm³/mol. The molecule has 4 heteroatoms. The van der Waals surface area contributed by atoms with E-state index in [1.807, 2.05) is 59.5 Å². The number of hydrogen-bond donors (Lipinski definition) is 0. The molecule has 0 spiro atoms. The van der Waals surface area contributed by atoms with Gasteiger partial charge >= 0.3 is 0 Å². The number of rotatable bonds is 2. The fourth-order valence-corrected chi connectivity index (χ4v) is 3.46. The fraction of sp³-hybridized carbons (Fsp3) is 0.238. The van der Waals surface area contributed by atoms with E-state index in [1.54, 1.807) is 0 Å². The molecule has 0 aliphatic carbocycles. The summed E-state index contributed by atoms with van der Waals surface area (Å²) in [6.45, 7) is 2.43. The molecule has 1 fully saturated rings. The van der Waals surface area contributed by atoms with Gasteiger partial charge in [-0.2, -0.15) is 0 Å². The molecule has 1 aliphatic rings. The van der Waals surface area contributed by atoms with Crippen molar-refractivity contribution < 1.29 is 4.79 Å². The molecule has 1 atom stereocenters. The van der Waals surface area contributed by atoms with Crippen LogP contribution in [0, 0.1) is 0 Å². The van der Waals surface area contributed by atoms with Crippen LogP contribution in [0.2, 0.25) is 0 Å². The largest absolute Gasteiger partial charge is 0.328 e. The Hall–Kier alpha value is -2.72. The number of hydrogen-bond acceptors (Lipinski definition) is 3. The summed E-state index contributed by atoms with van der Waals surface area (Å²) < 4.78 is 0. The third-order valence-electron chi connectivity index (χ3n) is 4.85. The van der Waals surface area contributed by atoms with Crippen molar-refractivity contribution in [3.8, 4) is 0 Å². The lowest BCUT2D eigenvalue weighted by Crippen LogP contribution is -2.49. The maximum absolute atomic E-state index is 13.2. The van der Waals surface area contributed by atoms with E-state index in [4.69, 9.17) is 0 Å². The number of carbonyl (C=O) groups excluding carboxylic acids is 1. The maximum atomic E-state index is 13.2. The maximum Gasteiger partial charge on any atom is 0.273 e. The van der Waals surface area contributed by atoms with Crippen LogP contribution >= 0.6 is 0 Å². The smallest absolute Gasteiger partial charge is 0.273 e. The number of piperazine rings is 1. The first-order valence-corrected chi connectivity index (χ1v) is 8.62. The number of fused-ring (bicyclic) bond motifs is 1. The molecular weight excluding hydrogens is 310 g/mol. The summed E-state index contributed by atoms with van der Waals surface area (Å²) in [6.07, 6.45) is 0. The van der Waals surface area contributed by atoms with Crippen LogP contribution in [0.1, 0.15) is 22.1 Å². The summed E-state index contributed by atoms with van der Waals surface area (Å²) in [4.78, 5) is 22.0. The van der Waals surface area contributed by atoms with Crippen LogP contribution in [0.4, 0.5) is 0 Å². The zero-order valence-corrected chi connectivity index (χ0v) is 14.3. The van der Waals surface area contributed by atoms with Gasteiger partial charge in [-0.3, -0.25) is 4.79 Å². The van der Waals surface area contributed by atoms with Crippen LogP contribution in [0.3, 0.4) is 0 Å². The summed E-state index contributed by atoms with van der Waals surface area (Å²) >= 11 is 0. The van der Waals surface area contributed by atoms with Gasteiger partial charge in [-0.15, -0.1) is 0 Å². The number of pyridine rings is 1. The molecule has 25 heavy (non-hydrogen) atoms. The fourth-order valence-electron chi connectivity index (χ4n) is 3.46. The first kappa shape index (κ1) is 15.8. The summed E-state index contributed by atoms with van der Waals surface area (Å²) in [5.41, 5.74) is 2.55. The van der Waals surface area contributed by atoms with E-state index in [2.05, 4.69) is 29.1 Å². The molecule has 2 heterocycles. The molecule has 4 rings (SSSR count). The normalized spacial score (nSPS) is 18.4. The number of carbonyl (C=O) groups is 1. The van der Waals surface area contributed by atoms with Gasteiger partial charge in [0.15, 0.2) is 0 Å². The van der Waals surface area contributed by atoms with E-state index < -0.39 is 0 Å². The Morgan fingerprint density at radius 1 is 0.960 bits per heavy atom. The van der Waals surface area contributed by atoms with Crippen molar-refractivity contribution in [2.45, 2.75) is 6.04 Å². The Kier molecular flexibility index (Phi) is 4.20. The molecule has 4 nitrogen and oxygen atoms in total. The summed E-state index contributed by atoms with van der Waals surface area (Å²) in [7, 11) is 2.10. The Morgan fingerprint density at radius 2 is 1.72 bits per heavy atom. The first-order chi connectivity index (χ1) is 12.2. The number of likely N-dealkylation sites (N-methyl/N-ethyl adjacent to an activating group) is 1. The van der Waals surface area contributed by atoms with Crippen molar-refractivity contribution >= 4 is 16.8 Å². The van der Waals surface area contributed by atoms with Gasteiger partial charge in [0.05, 0.1) is 11.6 Å². The van der Waals surface area contributed by atoms with Crippen molar-refractivity contribution in [2.75, 3.05) is 26.7 Å². The molecule has 2 aromatic carbocycles. The second kappa shape index (κ2) is 6.65. The van der Waals surface area contributed by atoms with Crippen molar-refractivity contribution in [1.29, 1.82) is 0 Å². The zero-order chi connectivity index (χ0) is 17.2. The molecule has 1 aliphatic heterocycles. The van der Waals surface area contributed by atoms with Gasteiger partial charge in [-0.1, -0.05) is 54.6 Å². The molecular formula is C21H21N3O. The Labute approximate surface area is 147 Å². The zero-order valence-electron chi connectivity index (χ0n) is 14.3. The van der Waals surface area contributed by atoms with Gasteiger partial charge in [0, 0.05) is 25.0 Å². The highest BCUT2D eigenvalue weighted by Gasteiger charge is 2.31. The van der Waals surface area contributed by atoms with Crippen LogP contribution in [0.15, 0.2) is 66.7 Å². The molecule has 1 saturated heterocycles. The van der Waals surface area contributed by atoms with Crippen molar-refractivity contribution in [2.24, 2.45) is 0 Å². The van der Waals surface area contributed by atoms with Crippen molar-refractivity contribution in [3.63, 3.8) is 0 Å². The standard InChI is InChI=1S/C21H21N3O/c1-23-13-14-24(20(15-23)17-8-3-2-4-9-17)21(25)19-12-11-16-7-5-6-10-18(16)22-19/h2-12,20H,13-15H2,1H3. The van der Waals surface area contributed by atoms with Crippen molar-refractivity contribution in [3.05, 3.63) is 78.0 Å². The monoisotopic (exact) mass is 331 g/mol. The molecule has 1 amide bonds. The van der Waals surface area contributed by atoms with Crippen LogP contribution in [-0.2, 0) is 0 Å². The second-order valence-electron chi connectivity index (χ2n) is 6.58. The highest BCUT2D eigenvalue weighted by atomic mass is 16.2. The molecule has 126 valence electrons. The van der Waals surface area contributed by atoms with E-state index in [9.17, 15) is 4.79 Å². The lowest BCUT2D eigenvalue weighted by molar-refractivity contribution is 0.0492. The number of benzene rings is 2. The summed E-state index contributed by atoms with van der Waals surface area (Å²) in [5, 5.41) is 1.05. The van der Waals surface area contributed by atoms with Gasteiger partial charge < -0.3 is 9.80 Å². The molecule has 1 aromatic heterocycles. The molecule has 0 saturated carbocycles. The minimum atomic E-state index is 0.00714. The van der Waals surface area contributed by atoms with Crippen LogP contribution in [0.5, 0.6) is 0 Å². The summed E-state index contributed by atoms with van der Waals surface area (Å²) in [6, 6.07) is 22.0. The molecule has 0 bridgehead atoms. The van der Waals surface area contributed by atoms with E-state index in [1.165, 1.54) is 5.56 Å². The topological polar surface area (TPSA) is 36.4 Å². The SMILES string of the molecule is CN1CCN(C(=O)c2ccc3ccccc3n2)C(c2ccccc2)C1. The van der Waals surface area contributed by atoms with Gasteiger partial charge in [0.1, 0.15) is 5.69 Å². The molecule has 0 radical (unpaired) electrons. The van der Waals surface area contributed by atoms with E-state index in [-0.39, 0.29) is 11.9 Å². The van der Waals surface area contributed by atoms with Gasteiger partial charge in [0.2, 0.25) is 0 Å². The second-order valence-corrected chi connectivity index (χ2v) is 6.58. The lowest BCUT2D eigenvalue weighted by atomic mass is 10.0. The van der Waals surface area contributed by atoms with E-state index >= 15 is 0 Å². The quantitative estimate of drug-likeness (QED) is 0.722. The van der Waals surface area contributed by atoms with Gasteiger partial charge in [-0.05, 0) is 24.7 Å². The minimum Gasteiger partial charge on any atom is -0.328 e. The van der Waals surface area contributed by atoms with E-state index in [0.29, 0.717) is 12.2 Å². The minimum absolute atomic E-state index is 0.00714. The number of amides is 1. The Bertz CT molecular complexity index is 894. The first-order valence-electron chi connectivity index (χ1n) is 8.62. The van der Waals surface area contributed by atoms with Crippen LogP contribution in [-0.4, -0.2) is 47.4 Å². The molecule has 3 aromatic rings. The Balaban J connectivity index is 1.68. The average molecular weight is 331 g/mol. The van der Waals surface area contributed by atoms with E-state index in [0.717, 1.165) is 24.0 Å². The predicted octanol–water partition coefficient (Wildman–Crippen LogP) is 3.36. The number of nitrogens with zero attached hydrogens (tertiary/aromatic N) is 3.